The number of methoxy groups -OCH3 is 1. The van der Waals surface area contributed by atoms with E-state index in [1.165, 1.54) is 5.56 Å². The molecular formula is C24H27N5O2. The van der Waals surface area contributed by atoms with E-state index in [4.69, 9.17) is 9.73 Å². The molecule has 3 heterocycles. The van der Waals surface area contributed by atoms with Gasteiger partial charge in [0.2, 0.25) is 0 Å². The summed E-state index contributed by atoms with van der Waals surface area (Å²) in [5.41, 5.74) is 3.54. The maximum atomic E-state index is 13.4. The fraction of sp³-hybridized carbons (Fsp3) is 0.333. The number of H-pyrrole nitrogens is 1. The molecular weight excluding hydrogens is 390 g/mol. The minimum atomic E-state index is -0.408. The summed E-state index contributed by atoms with van der Waals surface area (Å²) in [6.45, 7) is 3.09. The van der Waals surface area contributed by atoms with Gasteiger partial charge in [-0.25, -0.2) is 0 Å². The van der Waals surface area contributed by atoms with Gasteiger partial charge in [0.25, 0.3) is 5.91 Å². The van der Waals surface area contributed by atoms with Gasteiger partial charge in [-0.1, -0.05) is 36.4 Å². The molecule has 31 heavy (non-hydrogen) atoms. The van der Waals surface area contributed by atoms with Crippen LogP contribution in [-0.2, 0) is 11.3 Å². The number of anilines is 1. The van der Waals surface area contributed by atoms with Crippen LogP contribution in [0.3, 0.4) is 0 Å². The molecule has 3 aromatic rings. The van der Waals surface area contributed by atoms with Crippen LogP contribution in [0.4, 0.5) is 5.69 Å². The summed E-state index contributed by atoms with van der Waals surface area (Å²) >= 11 is 0. The number of ether oxygens (including phenoxy) is 1. The molecule has 1 fully saturated rings. The van der Waals surface area contributed by atoms with Crippen LogP contribution in [0, 0.1) is 0 Å². The van der Waals surface area contributed by atoms with Crippen LogP contribution >= 0.6 is 0 Å². The van der Waals surface area contributed by atoms with Gasteiger partial charge in [0.05, 0.1) is 24.3 Å². The topological polar surface area (TPSA) is 81.8 Å². The van der Waals surface area contributed by atoms with Crippen molar-refractivity contribution >= 4 is 28.3 Å². The Morgan fingerprint density at radius 3 is 2.94 bits per heavy atom. The number of hydrogen-bond donors (Lipinski definition) is 3. The summed E-state index contributed by atoms with van der Waals surface area (Å²) in [5, 5.41) is 8.24. The molecule has 1 saturated heterocycles. The first-order chi connectivity index (χ1) is 15.2. The van der Waals surface area contributed by atoms with E-state index in [2.05, 4.69) is 27.8 Å². The third-order valence-electron chi connectivity index (χ3n) is 6.28. The van der Waals surface area contributed by atoms with E-state index in [-0.39, 0.29) is 5.91 Å². The first-order valence-corrected chi connectivity index (χ1v) is 10.7. The van der Waals surface area contributed by atoms with Crippen LogP contribution in [0.15, 0.2) is 59.7 Å². The molecule has 1 aromatic heterocycles. The van der Waals surface area contributed by atoms with E-state index < -0.39 is 5.54 Å². The van der Waals surface area contributed by atoms with Crippen molar-refractivity contribution < 1.29 is 9.53 Å². The summed E-state index contributed by atoms with van der Waals surface area (Å²) < 4.78 is 5.21. The lowest BCUT2D eigenvalue weighted by molar-refractivity contribution is 0.0788. The van der Waals surface area contributed by atoms with Gasteiger partial charge in [0.1, 0.15) is 5.84 Å². The first-order valence-electron chi connectivity index (χ1n) is 10.7. The van der Waals surface area contributed by atoms with Crippen molar-refractivity contribution in [3.8, 4) is 0 Å². The van der Waals surface area contributed by atoms with Crippen LogP contribution in [-0.4, -0.2) is 60.5 Å². The maximum Gasteiger partial charge on any atom is 0.256 e. The molecule has 3 N–H and O–H groups in total. The molecule has 1 spiro atoms. The molecule has 0 aliphatic carbocycles. The third kappa shape index (κ3) is 3.60. The van der Waals surface area contributed by atoms with Gasteiger partial charge in [0, 0.05) is 49.5 Å². The number of carbonyl (C=O) groups excluding carboxylic acids is 1. The lowest BCUT2D eigenvalue weighted by atomic mass is 9.96. The molecule has 2 aliphatic heterocycles. The van der Waals surface area contributed by atoms with E-state index in [0.29, 0.717) is 26.2 Å². The molecule has 2 aromatic carbocycles. The molecule has 0 bridgehead atoms. The lowest BCUT2D eigenvalue weighted by Crippen LogP contribution is -2.55. The number of amides is 1. The molecule has 1 amide bonds. The van der Waals surface area contributed by atoms with Crippen LogP contribution in [0.5, 0.6) is 0 Å². The number of nitrogens with one attached hydrogen (secondary N) is 3. The van der Waals surface area contributed by atoms with Gasteiger partial charge in [-0.3, -0.25) is 15.1 Å². The number of aliphatic imine (C=N–C) groups is 1. The van der Waals surface area contributed by atoms with E-state index in [9.17, 15) is 4.79 Å². The second kappa shape index (κ2) is 8.17. The van der Waals surface area contributed by atoms with Crippen molar-refractivity contribution in [1.82, 2.24) is 15.2 Å². The van der Waals surface area contributed by atoms with Gasteiger partial charge < -0.3 is 19.9 Å². The van der Waals surface area contributed by atoms with Gasteiger partial charge in [-0.15, -0.1) is 0 Å². The normalized spacial score (nSPS) is 22.0. The monoisotopic (exact) mass is 417 g/mol. The standard InChI is InChI=1S/C24H27N5O2/c1-31-13-11-25-23-24(27-14-17-6-2-4-8-20(17)28-23)10-12-29(16-24)22(30)19-15-26-21-9-5-3-7-18(19)21/h2-9,15,26-27H,10-14,16H2,1H3,(H,25,28). The third-order valence-corrected chi connectivity index (χ3v) is 6.28. The number of rotatable bonds is 4. The summed E-state index contributed by atoms with van der Waals surface area (Å²) in [4.78, 5) is 23.4. The number of hydrogen-bond acceptors (Lipinski definition) is 4. The highest BCUT2D eigenvalue weighted by molar-refractivity contribution is 6.08. The number of aromatic amines is 1. The minimum absolute atomic E-state index is 0.0501. The average molecular weight is 418 g/mol. The van der Waals surface area contributed by atoms with Crippen molar-refractivity contribution in [2.75, 3.05) is 38.7 Å². The Labute approximate surface area is 181 Å². The molecule has 2 aliphatic rings. The number of benzene rings is 2. The molecule has 160 valence electrons. The van der Waals surface area contributed by atoms with Gasteiger partial charge in [-0.05, 0) is 24.1 Å². The lowest BCUT2D eigenvalue weighted by Gasteiger charge is -2.30. The Bertz CT molecular complexity index is 1140. The zero-order chi connectivity index (χ0) is 21.3. The highest BCUT2D eigenvalue weighted by atomic mass is 16.5. The second-order valence-corrected chi connectivity index (χ2v) is 8.17. The molecule has 7 nitrogen and oxygen atoms in total. The van der Waals surface area contributed by atoms with Crippen molar-refractivity contribution in [2.24, 2.45) is 4.99 Å². The maximum absolute atomic E-state index is 13.4. The van der Waals surface area contributed by atoms with E-state index in [1.54, 1.807) is 7.11 Å². The van der Waals surface area contributed by atoms with Crippen LogP contribution < -0.4 is 10.6 Å². The first kappa shape index (κ1) is 19.8. The van der Waals surface area contributed by atoms with Crippen molar-refractivity contribution in [3.63, 3.8) is 0 Å². The van der Waals surface area contributed by atoms with Crippen LogP contribution in [0.25, 0.3) is 10.9 Å². The molecule has 5 rings (SSSR count). The average Bonchev–Trinajstić information content (AvgIpc) is 3.39. The Morgan fingerprint density at radius 2 is 2.03 bits per heavy atom. The largest absolute Gasteiger partial charge is 0.383 e. The van der Waals surface area contributed by atoms with Crippen molar-refractivity contribution in [2.45, 2.75) is 18.5 Å². The number of aromatic nitrogens is 1. The summed E-state index contributed by atoms with van der Waals surface area (Å²) in [7, 11) is 1.68. The van der Waals surface area contributed by atoms with Crippen LogP contribution in [0.2, 0.25) is 0 Å². The molecule has 1 atom stereocenters. The van der Waals surface area contributed by atoms with Gasteiger partial charge in [0.15, 0.2) is 0 Å². The fourth-order valence-corrected chi connectivity index (χ4v) is 4.57. The number of amidine groups is 1. The predicted octanol–water partition coefficient (Wildman–Crippen LogP) is 3.01. The SMILES string of the molecule is COCCN=C1Nc2ccccc2CNC12CCN(C(=O)c1c[nH]c3ccccc13)C2. The Kier molecular flexibility index (Phi) is 5.21. The zero-order valence-corrected chi connectivity index (χ0v) is 17.6. The molecule has 1 unspecified atom stereocenters. The minimum Gasteiger partial charge on any atom is -0.383 e. The molecule has 0 saturated carbocycles. The quantitative estimate of drug-likeness (QED) is 0.570. The summed E-state index contributed by atoms with van der Waals surface area (Å²) in [5.74, 6) is 0.929. The second-order valence-electron chi connectivity index (χ2n) is 8.17. The number of likely N-dealkylation sites (tertiary alicyclic amines) is 1. The number of nitrogens with zero attached hydrogens (tertiary/aromatic N) is 2. The van der Waals surface area contributed by atoms with Crippen LogP contribution in [0.1, 0.15) is 22.3 Å². The highest BCUT2D eigenvalue weighted by Crippen LogP contribution is 2.31. The predicted molar refractivity (Wildman–Crippen MR) is 123 cm³/mol. The van der Waals surface area contributed by atoms with E-state index in [0.717, 1.165) is 41.0 Å². The highest BCUT2D eigenvalue weighted by Gasteiger charge is 2.45. The summed E-state index contributed by atoms with van der Waals surface area (Å²) in [6.07, 6.45) is 2.62. The number of carbonyl (C=O) groups is 1. The van der Waals surface area contributed by atoms with E-state index >= 15 is 0 Å². The van der Waals surface area contributed by atoms with Gasteiger partial charge >= 0.3 is 0 Å². The fourth-order valence-electron chi connectivity index (χ4n) is 4.57. The smallest absolute Gasteiger partial charge is 0.256 e. The molecule has 7 heteroatoms. The van der Waals surface area contributed by atoms with E-state index in [1.807, 2.05) is 47.5 Å². The Morgan fingerprint density at radius 1 is 1.19 bits per heavy atom. The zero-order valence-electron chi connectivity index (χ0n) is 17.6. The van der Waals surface area contributed by atoms with Crippen molar-refractivity contribution in [1.29, 1.82) is 0 Å². The Hall–Kier alpha value is -3.16. The van der Waals surface area contributed by atoms with Gasteiger partial charge in [-0.2, -0.15) is 0 Å². The number of fused-ring (bicyclic) bond motifs is 2. The molecule has 0 radical (unpaired) electrons. The Balaban J connectivity index is 1.44. The summed E-state index contributed by atoms with van der Waals surface area (Å²) in [6, 6.07) is 16.2. The van der Waals surface area contributed by atoms with Crippen molar-refractivity contribution in [3.05, 3.63) is 65.9 Å². The number of para-hydroxylation sites is 2.